The van der Waals surface area contributed by atoms with Crippen molar-refractivity contribution in [3.8, 4) is 5.75 Å². The van der Waals surface area contributed by atoms with Crippen LogP contribution in [0.1, 0.15) is 43.6 Å². The Hall–Kier alpha value is -1.75. The van der Waals surface area contributed by atoms with Gasteiger partial charge in [0.05, 0.1) is 12.8 Å². The number of hydrogen-bond acceptors (Lipinski definition) is 4. The van der Waals surface area contributed by atoms with Gasteiger partial charge in [-0.05, 0) is 43.5 Å². The number of piperazine rings is 1. The molecule has 32 heavy (non-hydrogen) atoms. The number of nitrogens with zero attached hydrogens (tertiary/aromatic N) is 2. The minimum absolute atomic E-state index is 0. The number of methoxy groups -OCH3 is 1. The molecule has 1 heterocycles. The molecule has 0 spiro atoms. The number of carbonyl (C=O) groups excluding carboxylic acids is 1. The van der Waals surface area contributed by atoms with E-state index in [2.05, 4.69) is 46.2 Å². The summed E-state index contributed by atoms with van der Waals surface area (Å²) in [5, 5.41) is 0. The second-order valence-corrected chi connectivity index (χ2v) is 8.64. The van der Waals surface area contributed by atoms with Crippen LogP contribution in [0.5, 0.6) is 5.75 Å². The van der Waals surface area contributed by atoms with Gasteiger partial charge in [-0.3, -0.25) is 9.69 Å². The molecule has 0 amide bonds. The van der Waals surface area contributed by atoms with Crippen LogP contribution in [0.4, 0.5) is 5.69 Å². The molecule has 0 bridgehead atoms. The maximum absolute atomic E-state index is 13.3. The molecular formula is C26H36Cl2N2O2. The molecule has 1 unspecified atom stereocenters. The van der Waals surface area contributed by atoms with Crippen LogP contribution >= 0.6 is 24.8 Å². The Balaban J connectivity index is 0.00000181. The number of hydrogen-bond donors (Lipinski definition) is 0. The number of carbonyl (C=O) groups is 1. The fraction of sp³-hybridized carbons (Fsp3) is 0.500. The van der Waals surface area contributed by atoms with E-state index in [0.717, 1.165) is 57.7 Å². The van der Waals surface area contributed by atoms with Gasteiger partial charge in [-0.2, -0.15) is 0 Å². The molecule has 2 aromatic rings. The first-order valence-corrected chi connectivity index (χ1v) is 11.5. The fourth-order valence-corrected chi connectivity index (χ4v) is 5.07. The zero-order valence-electron chi connectivity index (χ0n) is 18.9. The molecule has 4 nitrogen and oxygen atoms in total. The van der Waals surface area contributed by atoms with E-state index in [4.69, 9.17) is 4.74 Å². The molecule has 0 aromatic heterocycles. The molecule has 2 fully saturated rings. The van der Waals surface area contributed by atoms with Crippen molar-refractivity contribution in [1.82, 2.24) is 4.90 Å². The summed E-state index contributed by atoms with van der Waals surface area (Å²) in [7, 11) is 1.74. The molecule has 0 N–H and O–H groups in total. The second kappa shape index (κ2) is 13.1. The Bertz CT molecular complexity index is 820. The number of para-hydroxylation sites is 2. The molecule has 0 radical (unpaired) electrons. The molecule has 2 aromatic carbocycles. The zero-order valence-corrected chi connectivity index (χ0v) is 20.6. The van der Waals surface area contributed by atoms with Crippen molar-refractivity contribution < 1.29 is 9.53 Å². The van der Waals surface area contributed by atoms with Gasteiger partial charge in [-0.25, -0.2) is 0 Å². The SMILES string of the molecule is COc1ccccc1N1CCN(CCC(C(=O)C2CCCC2)c2ccccc2)CC1.Cl.Cl. The highest BCUT2D eigenvalue weighted by molar-refractivity contribution is 5.88. The summed E-state index contributed by atoms with van der Waals surface area (Å²) < 4.78 is 5.54. The average molecular weight is 479 g/mol. The summed E-state index contributed by atoms with van der Waals surface area (Å²) in [5.74, 6) is 1.74. The van der Waals surface area contributed by atoms with E-state index < -0.39 is 0 Å². The van der Waals surface area contributed by atoms with Crippen LogP contribution in [0.3, 0.4) is 0 Å². The Morgan fingerprint density at radius 3 is 2.22 bits per heavy atom. The molecule has 4 rings (SSSR count). The van der Waals surface area contributed by atoms with E-state index in [0.29, 0.717) is 5.78 Å². The predicted molar refractivity (Wildman–Crippen MR) is 137 cm³/mol. The lowest BCUT2D eigenvalue weighted by molar-refractivity contribution is -0.124. The maximum Gasteiger partial charge on any atom is 0.143 e. The Morgan fingerprint density at radius 1 is 0.938 bits per heavy atom. The molecule has 176 valence electrons. The summed E-state index contributed by atoms with van der Waals surface area (Å²) in [6.07, 6.45) is 5.51. The number of halogens is 2. The summed E-state index contributed by atoms with van der Waals surface area (Å²) in [4.78, 5) is 18.2. The van der Waals surface area contributed by atoms with E-state index in [1.807, 2.05) is 18.2 Å². The molecule has 6 heteroatoms. The van der Waals surface area contributed by atoms with Crippen LogP contribution < -0.4 is 9.64 Å². The number of benzene rings is 2. The highest BCUT2D eigenvalue weighted by Crippen LogP contribution is 2.33. The Kier molecular flexibility index (Phi) is 10.8. The van der Waals surface area contributed by atoms with Crippen molar-refractivity contribution >= 4 is 36.3 Å². The first-order chi connectivity index (χ1) is 14.8. The maximum atomic E-state index is 13.3. The third kappa shape index (κ3) is 6.40. The van der Waals surface area contributed by atoms with Gasteiger partial charge >= 0.3 is 0 Å². The summed E-state index contributed by atoms with van der Waals surface area (Å²) in [6.45, 7) is 5.02. The Labute approximate surface area is 205 Å². The van der Waals surface area contributed by atoms with Gasteiger partial charge in [0.15, 0.2) is 0 Å². The number of ether oxygens (including phenoxy) is 1. The van der Waals surface area contributed by atoms with Crippen LogP contribution in [-0.4, -0.2) is 50.5 Å². The lowest BCUT2D eigenvalue weighted by Crippen LogP contribution is -2.47. The van der Waals surface area contributed by atoms with Gasteiger partial charge in [-0.1, -0.05) is 55.3 Å². The smallest absolute Gasteiger partial charge is 0.143 e. The molecular weight excluding hydrogens is 443 g/mol. The van der Waals surface area contributed by atoms with E-state index >= 15 is 0 Å². The highest BCUT2D eigenvalue weighted by atomic mass is 35.5. The fourth-order valence-electron chi connectivity index (χ4n) is 5.07. The van der Waals surface area contributed by atoms with Gasteiger partial charge in [0.25, 0.3) is 0 Å². The normalized spacial score (nSPS) is 17.8. The molecule has 1 aliphatic heterocycles. The van der Waals surface area contributed by atoms with Crippen LogP contribution in [0.25, 0.3) is 0 Å². The minimum Gasteiger partial charge on any atom is -0.495 e. The lowest BCUT2D eigenvalue weighted by Gasteiger charge is -2.37. The van der Waals surface area contributed by atoms with Gasteiger partial charge in [0, 0.05) is 38.0 Å². The molecule has 1 saturated carbocycles. The number of rotatable bonds is 8. The van der Waals surface area contributed by atoms with Crippen LogP contribution in [-0.2, 0) is 4.79 Å². The van der Waals surface area contributed by atoms with Crippen molar-refractivity contribution in [2.45, 2.75) is 38.0 Å². The highest BCUT2D eigenvalue weighted by Gasteiger charge is 2.30. The van der Waals surface area contributed by atoms with E-state index in [1.54, 1.807) is 7.11 Å². The average Bonchev–Trinajstić information content (AvgIpc) is 3.35. The van der Waals surface area contributed by atoms with Crippen molar-refractivity contribution in [1.29, 1.82) is 0 Å². The quantitative estimate of drug-likeness (QED) is 0.494. The molecule has 1 atom stereocenters. The molecule has 1 aliphatic carbocycles. The molecule has 2 aliphatic rings. The predicted octanol–water partition coefficient (Wildman–Crippen LogP) is 5.59. The third-order valence-corrected chi connectivity index (χ3v) is 6.84. The summed E-state index contributed by atoms with van der Waals surface area (Å²) in [6, 6.07) is 18.7. The van der Waals surface area contributed by atoms with E-state index in [9.17, 15) is 4.79 Å². The number of Topliss-reactive ketones (excluding diaryl/α,β-unsaturated/α-hetero) is 1. The van der Waals surface area contributed by atoms with Crippen LogP contribution in [0.2, 0.25) is 0 Å². The van der Waals surface area contributed by atoms with Crippen LogP contribution in [0, 0.1) is 5.92 Å². The third-order valence-electron chi connectivity index (χ3n) is 6.84. The van der Waals surface area contributed by atoms with Gasteiger partial charge in [0.1, 0.15) is 11.5 Å². The van der Waals surface area contributed by atoms with Crippen LogP contribution in [0.15, 0.2) is 54.6 Å². The summed E-state index contributed by atoms with van der Waals surface area (Å²) in [5.41, 5.74) is 2.38. The number of ketones is 1. The monoisotopic (exact) mass is 478 g/mol. The van der Waals surface area contributed by atoms with E-state index in [-0.39, 0.29) is 36.6 Å². The standard InChI is InChI=1S/C26H34N2O2.2ClH/c1-30-25-14-8-7-13-24(25)28-19-17-27(18-20-28)16-15-23(21-9-3-2-4-10-21)26(29)22-11-5-6-12-22;;/h2-4,7-10,13-14,22-23H,5-6,11-12,15-20H2,1H3;2*1H. The lowest BCUT2D eigenvalue weighted by atomic mass is 9.84. The van der Waals surface area contributed by atoms with Gasteiger partial charge in [0.2, 0.25) is 0 Å². The molecule has 1 saturated heterocycles. The second-order valence-electron chi connectivity index (χ2n) is 8.64. The number of anilines is 1. The van der Waals surface area contributed by atoms with Crippen molar-refractivity contribution in [3.05, 3.63) is 60.2 Å². The topological polar surface area (TPSA) is 32.8 Å². The largest absolute Gasteiger partial charge is 0.495 e. The van der Waals surface area contributed by atoms with Crippen molar-refractivity contribution in [2.75, 3.05) is 44.7 Å². The van der Waals surface area contributed by atoms with Gasteiger partial charge < -0.3 is 9.64 Å². The minimum atomic E-state index is 0. The Morgan fingerprint density at radius 2 is 1.56 bits per heavy atom. The summed E-state index contributed by atoms with van der Waals surface area (Å²) >= 11 is 0. The first kappa shape index (κ1) is 26.5. The van der Waals surface area contributed by atoms with Crippen molar-refractivity contribution in [2.24, 2.45) is 5.92 Å². The van der Waals surface area contributed by atoms with Crippen molar-refractivity contribution in [3.63, 3.8) is 0 Å². The van der Waals surface area contributed by atoms with Gasteiger partial charge in [-0.15, -0.1) is 24.8 Å². The zero-order chi connectivity index (χ0) is 20.8. The first-order valence-electron chi connectivity index (χ1n) is 11.5. The van der Waals surface area contributed by atoms with E-state index in [1.165, 1.54) is 24.1 Å².